The molecule has 0 aliphatic heterocycles. The average Bonchev–Trinajstić information content (AvgIpc) is 2.83. The third-order valence-electron chi connectivity index (χ3n) is 4.66. The minimum absolute atomic E-state index is 0.0934. The summed E-state index contributed by atoms with van der Waals surface area (Å²) in [6.07, 6.45) is -3.74. The quantitative estimate of drug-likeness (QED) is 0.254. The van der Waals surface area contributed by atoms with Crippen molar-refractivity contribution in [1.29, 1.82) is 0 Å². The first kappa shape index (κ1) is 26.6. The van der Waals surface area contributed by atoms with Crippen LogP contribution in [0.5, 0.6) is 0 Å². The van der Waals surface area contributed by atoms with Gasteiger partial charge in [0.15, 0.2) is 0 Å². The molecule has 0 spiro atoms. The van der Waals surface area contributed by atoms with E-state index in [2.05, 4.69) is 5.10 Å². The molecule has 9 nitrogen and oxygen atoms in total. The third kappa shape index (κ3) is 6.37. The minimum Gasteiger partial charge on any atom is -0.271 e. The van der Waals surface area contributed by atoms with Crippen LogP contribution in [-0.4, -0.2) is 32.0 Å². The molecule has 36 heavy (non-hydrogen) atoms. The van der Waals surface area contributed by atoms with Crippen molar-refractivity contribution in [2.45, 2.75) is 11.1 Å². The molecule has 1 amide bonds. The number of carbonyl (C=O) groups excluding carboxylic acids is 1. The van der Waals surface area contributed by atoms with Gasteiger partial charge in [-0.2, -0.15) is 18.3 Å². The van der Waals surface area contributed by atoms with E-state index in [-0.39, 0.29) is 21.2 Å². The highest BCUT2D eigenvalue weighted by Gasteiger charge is 2.33. The van der Waals surface area contributed by atoms with Gasteiger partial charge in [-0.15, -0.1) is 0 Å². The van der Waals surface area contributed by atoms with Crippen LogP contribution in [0, 0.1) is 10.1 Å². The Labute approximate surface area is 208 Å². The van der Waals surface area contributed by atoms with Crippen LogP contribution in [0.1, 0.15) is 11.1 Å². The molecule has 0 atom stereocenters. The number of anilines is 1. The van der Waals surface area contributed by atoms with Gasteiger partial charge in [-0.3, -0.25) is 19.2 Å². The SMILES string of the molecule is O=C(CN(c1cccc(C(F)(F)F)c1)S(=O)(=O)c1ccccc1)N/N=C\c1cc([N+](=O)[O-])ccc1Cl. The van der Waals surface area contributed by atoms with E-state index in [9.17, 15) is 36.5 Å². The number of halogens is 4. The molecule has 3 aromatic rings. The molecule has 0 unspecified atom stereocenters. The Bertz CT molecular complexity index is 1420. The van der Waals surface area contributed by atoms with Gasteiger partial charge in [0.1, 0.15) is 6.54 Å². The Kier molecular flexibility index (Phi) is 7.95. The maximum Gasteiger partial charge on any atom is 0.416 e. The molecular formula is C22H16ClF3N4O5S. The van der Waals surface area contributed by atoms with Crippen molar-refractivity contribution in [2.24, 2.45) is 5.10 Å². The number of nitrogens with zero attached hydrogens (tertiary/aromatic N) is 3. The molecule has 188 valence electrons. The van der Waals surface area contributed by atoms with Gasteiger partial charge in [-0.05, 0) is 36.4 Å². The van der Waals surface area contributed by atoms with Crippen LogP contribution < -0.4 is 9.73 Å². The normalized spacial score (nSPS) is 11.9. The lowest BCUT2D eigenvalue weighted by Crippen LogP contribution is -2.39. The number of sulfonamides is 1. The number of hydrazone groups is 1. The highest BCUT2D eigenvalue weighted by Crippen LogP contribution is 2.33. The lowest BCUT2D eigenvalue weighted by molar-refractivity contribution is -0.384. The van der Waals surface area contributed by atoms with E-state index in [1.54, 1.807) is 6.07 Å². The van der Waals surface area contributed by atoms with Crippen LogP contribution in [0.25, 0.3) is 0 Å². The minimum atomic E-state index is -4.75. The number of carbonyl (C=O) groups is 1. The summed E-state index contributed by atoms with van der Waals surface area (Å²) in [6, 6.07) is 13.9. The lowest BCUT2D eigenvalue weighted by atomic mass is 10.2. The summed E-state index contributed by atoms with van der Waals surface area (Å²) in [7, 11) is -4.45. The first-order chi connectivity index (χ1) is 16.9. The standard InChI is InChI=1S/C22H16ClF3N4O5S/c23-20-10-9-18(30(32)33)11-15(20)13-27-28-21(31)14-29(36(34,35)19-7-2-1-3-8-19)17-6-4-5-16(12-17)22(24,25)26/h1-13H,14H2,(H,28,31)/b27-13-. The zero-order valence-electron chi connectivity index (χ0n) is 18.0. The number of rotatable bonds is 8. The molecule has 0 aromatic heterocycles. The maximum absolute atomic E-state index is 13.2. The van der Waals surface area contributed by atoms with Crippen molar-refractivity contribution < 1.29 is 31.3 Å². The third-order valence-corrected chi connectivity index (χ3v) is 6.80. The number of nitro groups is 1. The van der Waals surface area contributed by atoms with Crippen molar-refractivity contribution >= 4 is 45.1 Å². The number of amides is 1. The molecule has 0 aliphatic carbocycles. The average molecular weight is 541 g/mol. The first-order valence-corrected chi connectivity index (χ1v) is 11.7. The van der Waals surface area contributed by atoms with E-state index in [1.165, 1.54) is 36.4 Å². The van der Waals surface area contributed by atoms with E-state index < -0.39 is 44.8 Å². The molecule has 0 saturated carbocycles. The predicted molar refractivity (Wildman–Crippen MR) is 126 cm³/mol. The van der Waals surface area contributed by atoms with Crippen LogP contribution in [0.4, 0.5) is 24.5 Å². The zero-order valence-corrected chi connectivity index (χ0v) is 19.6. The van der Waals surface area contributed by atoms with Crippen molar-refractivity contribution in [3.63, 3.8) is 0 Å². The molecule has 0 radical (unpaired) electrons. The summed E-state index contributed by atoms with van der Waals surface area (Å²) >= 11 is 5.95. The number of non-ortho nitro benzene ring substituents is 1. The Morgan fingerprint density at radius 3 is 2.42 bits per heavy atom. The van der Waals surface area contributed by atoms with E-state index in [0.29, 0.717) is 10.4 Å². The zero-order chi connectivity index (χ0) is 26.5. The van der Waals surface area contributed by atoms with Gasteiger partial charge < -0.3 is 0 Å². The number of benzene rings is 3. The second kappa shape index (κ2) is 10.7. The predicted octanol–water partition coefficient (Wildman–Crippen LogP) is 4.61. The topological polar surface area (TPSA) is 122 Å². The number of nitrogens with one attached hydrogen (secondary N) is 1. The number of hydrogen-bond donors (Lipinski definition) is 1. The summed E-state index contributed by atoms with van der Waals surface area (Å²) in [5.41, 5.74) is 0.365. The number of hydrogen-bond acceptors (Lipinski definition) is 6. The summed E-state index contributed by atoms with van der Waals surface area (Å²) in [5, 5.41) is 14.6. The van der Waals surface area contributed by atoms with E-state index in [0.717, 1.165) is 30.5 Å². The van der Waals surface area contributed by atoms with Gasteiger partial charge in [0.25, 0.3) is 21.6 Å². The van der Waals surface area contributed by atoms with E-state index in [1.807, 2.05) is 5.43 Å². The van der Waals surface area contributed by atoms with Crippen LogP contribution in [0.2, 0.25) is 5.02 Å². The Balaban J connectivity index is 1.90. The van der Waals surface area contributed by atoms with Gasteiger partial charge in [-0.25, -0.2) is 13.8 Å². The summed E-state index contributed by atoms with van der Waals surface area (Å²) in [6.45, 7) is -0.918. The molecule has 0 heterocycles. The summed E-state index contributed by atoms with van der Waals surface area (Å²) in [4.78, 5) is 22.6. The Morgan fingerprint density at radius 2 is 1.78 bits per heavy atom. The molecule has 0 saturated heterocycles. The van der Waals surface area contributed by atoms with Crippen molar-refractivity contribution in [3.8, 4) is 0 Å². The van der Waals surface area contributed by atoms with Gasteiger partial charge in [0.2, 0.25) is 0 Å². The fourth-order valence-electron chi connectivity index (χ4n) is 2.96. The summed E-state index contributed by atoms with van der Waals surface area (Å²) in [5.74, 6) is -0.996. The van der Waals surface area contributed by atoms with Crippen molar-refractivity contribution in [3.05, 3.63) is 99.1 Å². The van der Waals surface area contributed by atoms with E-state index >= 15 is 0 Å². The maximum atomic E-state index is 13.2. The number of alkyl halides is 3. The molecule has 3 rings (SSSR count). The molecule has 0 aliphatic rings. The molecule has 3 aromatic carbocycles. The van der Waals surface area contributed by atoms with Crippen LogP contribution in [-0.2, 0) is 21.0 Å². The summed E-state index contributed by atoms with van der Waals surface area (Å²) < 4.78 is 66.6. The molecular weight excluding hydrogens is 525 g/mol. The smallest absolute Gasteiger partial charge is 0.271 e. The Hall–Kier alpha value is -3.97. The highest BCUT2D eigenvalue weighted by molar-refractivity contribution is 7.92. The second-order valence-electron chi connectivity index (χ2n) is 7.13. The van der Waals surface area contributed by atoms with Crippen molar-refractivity contribution in [2.75, 3.05) is 10.8 Å². The van der Waals surface area contributed by atoms with Crippen LogP contribution in [0.15, 0.2) is 82.8 Å². The van der Waals surface area contributed by atoms with Gasteiger partial charge in [-0.1, -0.05) is 35.9 Å². The monoisotopic (exact) mass is 540 g/mol. The lowest BCUT2D eigenvalue weighted by Gasteiger charge is -2.24. The van der Waals surface area contributed by atoms with Gasteiger partial charge in [0.05, 0.1) is 27.3 Å². The van der Waals surface area contributed by atoms with Crippen LogP contribution in [0.3, 0.4) is 0 Å². The van der Waals surface area contributed by atoms with Gasteiger partial charge in [0, 0.05) is 22.7 Å². The van der Waals surface area contributed by atoms with Gasteiger partial charge >= 0.3 is 6.18 Å². The first-order valence-electron chi connectivity index (χ1n) is 9.90. The Morgan fingerprint density at radius 1 is 1.08 bits per heavy atom. The second-order valence-corrected chi connectivity index (χ2v) is 9.40. The van der Waals surface area contributed by atoms with E-state index in [4.69, 9.17) is 11.6 Å². The largest absolute Gasteiger partial charge is 0.416 e. The fraction of sp³-hybridized carbons (Fsp3) is 0.0909. The molecule has 1 N–H and O–H groups in total. The number of nitro benzene ring substituents is 1. The highest BCUT2D eigenvalue weighted by atomic mass is 35.5. The van der Waals surface area contributed by atoms with Crippen molar-refractivity contribution in [1.82, 2.24) is 5.43 Å². The molecule has 0 fully saturated rings. The fourth-order valence-corrected chi connectivity index (χ4v) is 4.56. The molecule has 0 bridgehead atoms. The molecule has 14 heteroatoms. The van der Waals surface area contributed by atoms with Crippen LogP contribution >= 0.6 is 11.6 Å².